The molecule has 0 heterocycles. The Hall–Kier alpha value is -1.29. The molecule has 0 bridgehead atoms. The Morgan fingerprint density at radius 1 is 1.44 bits per heavy atom. The molecule has 0 saturated carbocycles. The molecule has 90 valence electrons. The highest BCUT2D eigenvalue weighted by Crippen LogP contribution is 2.11. The first-order valence-electron chi connectivity index (χ1n) is 4.83. The normalized spacial score (nSPS) is 9.31. The van der Waals surface area contributed by atoms with Crippen molar-refractivity contribution >= 4 is 24.1 Å². The van der Waals surface area contributed by atoms with Crippen LogP contribution in [0.15, 0.2) is 24.3 Å². The molecule has 0 unspecified atom stereocenters. The summed E-state index contributed by atoms with van der Waals surface area (Å²) in [5, 5.41) is 11.4. The van der Waals surface area contributed by atoms with Crippen molar-refractivity contribution in [3.8, 4) is 0 Å². The molecule has 1 rings (SSSR count). The van der Waals surface area contributed by atoms with Crippen LogP contribution in [0.1, 0.15) is 12.0 Å². The zero-order valence-corrected chi connectivity index (χ0v) is 9.60. The minimum Gasteiger partial charge on any atom is -0.481 e. The van der Waals surface area contributed by atoms with E-state index in [9.17, 15) is 9.18 Å². The number of carbonyl (C=O) groups is 1. The van der Waals surface area contributed by atoms with Gasteiger partial charge in [-0.1, -0.05) is 12.1 Å². The Bertz CT molecular complexity index is 334. The van der Waals surface area contributed by atoms with Gasteiger partial charge in [-0.05, 0) is 24.1 Å². The second-order valence-electron chi connectivity index (χ2n) is 3.21. The maximum Gasteiger partial charge on any atom is 0.303 e. The zero-order chi connectivity index (χ0) is 11.1. The van der Waals surface area contributed by atoms with E-state index < -0.39 is 12.6 Å². The number of aryl methyl sites for hydroxylation is 1. The Labute approximate surface area is 100 Å². The quantitative estimate of drug-likeness (QED) is 0.812. The standard InChI is InChI=1S/C11H14FNO2.ClH/c12-6-7-13-10-3-1-2-9(8-10)4-5-11(14)15;/h1-3,8,13H,4-7H2,(H,14,15);1H. The summed E-state index contributed by atoms with van der Waals surface area (Å²) in [5.74, 6) is -0.808. The Kier molecular flexibility index (Phi) is 7.29. The van der Waals surface area contributed by atoms with Gasteiger partial charge in [-0.25, -0.2) is 4.39 Å². The van der Waals surface area contributed by atoms with E-state index in [4.69, 9.17) is 5.11 Å². The first kappa shape index (κ1) is 14.7. The van der Waals surface area contributed by atoms with Crippen LogP contribution in [0.25, 0.3) is 0 Å². The van der Waals surface area contributed by atoms with Crippen molar-refractivity contribution in [3.05, 3.63) is 29.8 Å². The molecule has 0 fully saturated rings. The fourth-order valence-electron chi connectivity index (χ4n) is 1.28. The van der Waals surface area contributed by atoms with E-state index in [1.807, 2.05) is 24.3 Å². The average Bonchev–Trinajstić information content (AvgIpc) is 2.24. The summed E-state index contributed by atoms with van der Waals surface area (Å²) >= 11 is 0. The van der Waals surface area contributed by atoms with Crippen LogP contribution >= 0.6 is 12.4 Å². The van der Waals surface area contributed by atoms with Gasteiger partial charge in [-0.15, -0.1) is 12.4 Å². The second kappa shape index (κ2) is 7.93. The van der Waals surface area contributed by atoms with E-state index in [0.29, 0.717) is 6.42 Å². The summed E-state index contributed by atoms with van der Waals surface area (Å²) in [5.41, 5.74) is 1.77. The fraction of sp³-hybridized carbons (Fsp3) is 0.364. The lowest BCUT2D eigenvalue weighted by Crippen LogP contribution is -2.03. The number of halogens is 2. The van der Waals surface area contributed by atoms with Crippen molar-refractivity contribution in [2.45, 2.75) is 12.8 Å². The van der Waals surface area contributed by atoms with Gasteiger partial charge in [0.15, 0.2) is 0 Å². The number of anilines is 1. The van der Waals surface area contributed by atoms with Crippen molar-refractivity contribution in [2.24, 2.45) is 0 Å². The predicted octanol–water partition coefficient (Wildman–Crippen LogP) is 2.51. The third-order valence-corrected chi connectivity index (χ3v) is 1.98. The first-order valence-corrected chi connectivity index (χ1v) is 4.83. The molecule has 16 heavy (non-hydrogen) atoms. The van der Waals surface area contributed by atoms with Gasteiger partial charge in [0.25, 0.3) is 0 Å². The monoisotopic (exact) mass is 247 g/mol. The summed E-state index contributed by atoms with van der Waals surface area (Å²) in [4.78, 5) is 10.4. The SMILES string of the molecule is Cl.O=C(O)CCc1cccc(NCCF)c1. The molecule has 0 atom stereocenters. The minimum absolute atomic E-state index is 0. The highest BCUT2D eigenvalue weighted by molar-refractivity contribution is 5.85. The summed E-state index contributed by atoms with van der Waals surface area (Å²) in [7, 11) is 0. The molecule has 0 aliphatic rings. The number of aliphatic carboxylic acids is 1. The number of hydrogen-bond acceptors (Lipinski definition) is 2. The maximum atomic E-state index is 11.9. The molecular weight excluding hydrogens is 233 g/mol. The van der Waals surface area contributed by atoms with E-state index >= 15 is 0 Å². The molecule has 0 radical (unpaired) electrons. The Balaban J connectivity index is 0.00000225. The third kappa shape index (κ3) is 5.56. The highest BCUT2D eigenvalue weighted by atomic mass is 35.5. The number of hydrogen-bond donors (Lipinski definition) is 2. The smallest absolute Gasteiger partial charge is 0.303 e. The molecule has 0 spiro atoms. The van der Waals surface area contributed by atoms with Gasteiger partial charge in [-0.2, -0.15) is 0 Å². The molecule has 2 N–H and O–H groups in total. The van der Waals surface area contributed by atoms with Gasteiger partial charge >= 0.3 is 5.97 Å². The Morgan fingerprint density at radius 3 is 2.81 bits per heavy atom. The second-order valence-corrected chi connectivity index (χ2v) is 3.21. The summed E-state index contributed by atoms with van der Waals surface area (Å²) in [6.45, 7) is -0.137. The van der Waals surface area contributed by atoms with Crippen LogP contribution in [-0.4, -0.2) is 24.3 Å². The first-order chi connectivity index (χ1) is 7.22. The van der Waals surface area contributed by atoms with E-state index in [0.717, 1.165) is 11.3 Å². The average molecular weight is 248 g/mol. The van der Waals surface area contributed by atoms with Crippen molar-refractivity contribution in [1.82, 2.24) is 0 Å². The largest absolute Gasteiger partial charge is 0.481 e. The van der Waals surface area contributed by atoms with Gasteiger partial charge in [0, 0.05) is 18.7 Å². The highest BCUT2D eigenvalue weighted by Gasteiger charge is 1.99. The lowest BCUT2D eigenvalue weighted by molar-refractivity contribution is -0.136. The lowest BCUT2D eigenvalue weighted by atomic mass is 10.1. The number of benzene rings is 1. The molecule has 0 amide bonds. The molecular formula is C11H15ClFNO2. The van der Waals surface area contributed by atoms with Crippen LogP contribution in [0.3, 0.4) is 0 Å². The minimum atomic E-state index is -0.808. The lowest BCUT2D eigenvalue weighted by Gasteiger charge is -2.05. The summed E-state index contributed by atoms with van der Waals surface area (Å²) in [6.07, 6.45) is 0.618. The number of carboxylic acids is 1. The van der Waals surface area contributed by atoms with E-state index in [1.165, 1.54) is 0 Å². The molecule has 1 aromatic rings. The number of nitrogens with one attached hydrogen (secondary N) is 1. The molecule has 5 heteroatoms. The van der Waals surface area contributed by atoms with Gasteiger partial charge in [-0.3, -0.25) is 4.79 Å². The summed E-state index contributed by atoms with van der Waals surface area (Å²) < 4.78 is 11.9. The molecule has 3 nitrogen and oxygen atoms in total. The van der Waals surface area contributed by atoms with Crippen LogP contribution < -0.4 is 5.32 Å². The van der Waals surface area contributed by atoms with E-state index in [1.54, 1.807) is 0 Å². The predicted molar refractivity (Wildman–Crippen MR) is 64.1 cm³/mol. The molecule has 1 aromatic carbocycles. The molecule has 0 aliphatic heterocycles. The zero-order valence-electron chi connectivity index (χ0n) is 8.78. The van der Waals surface area contributed by atoms with Crippen molar-refractivity contribution in [2.75, 3.05) is 18.5 Å². The van der Waals surface area contributed by atoms with Gasteiger partial charge in [0.05, 0.1) is 0 Å². The third-order valence-electron chi connectivity index (χ3n) is 1.98. The Morgan fingerprint density at radius 2 is 2.19 bits per heavy atom. The van der Waals surface area contributed by atoms with Crippen LogP contribution in [0, 0.1) is 0 Å². The van der Waals surface area contributed by atoms with Crippen LogP contribution in [0.4, 0.5) is 10.1 Å². The van der Waals surface area contributed by atoms with E-state index in [2.05, 4.69) is 5.32 Å². The van der Waals surface area contributed by atoms with Crippen LogP contribution in [0.5, 0.6) is 0 Å². The van der Waals surface area contributed by atoms with Crippen LogP contribution in [-0.2, 0) is 11.2 Å². The van der Waals surface area contributed by atoms with Crippen molar-refractivity contribution in [1.29, 1.82) is 0 Å². The molecule has 0 saturated heterocycles. The van der Waals surface area contributed by atoms with E-state index in [-0.39, 0.29) is 25.4 Å². The molecule has 0 aromatic heterocycles. The topological polar surface area (TPSA) is 49.3 Å². The van der Waals surface area contributed by atoms with Gasteiger partial charge in [0.2, 0.25) is 0 Å². The van der Waals surface area contributed by atoms with Crippen molar-refractivity contribution < 1.29 is 14.3 Å². The summed E-state index contributed by atoms with van der Waals surface area (Å²) in [6, 6.07) is 7.37. The van der Waals surface area contributed by atoms with Gasteiger partial charge < -0.3 is 10.4 Å². The fourth-order valence-corrected chi connectivity index (χ4v) is 1.28. The molecule has 0 aliphatic carbocycles. The number of carboxylic acid groups (broad SMARTS) is 1. The number of rotatable bonds is 6. The van der Waals surface area contributed by atoms with Crippen LogP contribution in [0.2, 0.25) is 0 Å². The number of alkyl halides is 1. The van der Waals surface area contributed by atoms with Gasteiger partial charge in [0.1, 0.15) is 6.67 Å². The van der Waals surface area contributed by atoms with Crippen molar-refractivity contribution in [3.63, 3.8) is 0 Å². The maximum absolute atomic E-state index is 11.9.